The van der Waals surface area contributed by atoms with Crippen LogP contribution in [0.3, 0.4) is 0 Å². The Balaban J connectivity index is 4.54. The lowest BCUT2D eigenvalue weighted by Gasteiger charge is -2.24. The van der Waals surface area contributed by atoms with Crippen molar-refractivity contribution in [1.29, 1.82) is 0 Å². The zero-order chi connectivity index (χ0) is 34.1. The van der Waals surface area contributed by atoms with Crippen LogP contribution in [-0.2, 0) is 18.4 Å². The van der Waals surface area contributed by atoms with Gasteiger partial charge in [-0.25, -0.2) is 4.57 Å². The van der Waals surface area contributed by atoms with Crippen LogP contribution in [0.5, 0.6) is 0 Å². The molecule has 4 unspecified atom stereocenters. The number of allylic oxidation sites excluding steroid dienone is 5. The Labute approximate surface area is 281 Å². The summed E-state index contributed by atoms with van der Waals surface area (Å²) in [5.41, 5.74) is 5.33. The molecule has 270 valence electrons. The second-order valence-corrected chi connectivity index (χ2v) is 13.7. The number of phosphoric ester groups is 1. The predicted molar refractivity (Wildman–Crippen MR) is 190 cm³/mol. The molecule has 0 aliphatic heterocycles. The Hall–Kier alpha value is -1.32. The van der Waals surface area contributed by atoms with Gasteiger partial charge < -0.3 is 26.2 Å². The van der Waals surface area contributed by atoms with E-state index in [0.29, 0.717) is 12.8 Å². The molecule has 9 nitrogen and oxygen atoms in total. The van der Waals surface area contributed by atoms with E-state index in [2.05, 4.69) is 43.5 Å². The van der Waals surface area contributed by atoms with E-state index in [0.717, 1.165) is 44.9 Å². The van der Waals surface area contributed by atoms with Gasteiger partial charge in [-0.3, -0.25) is 13.8 Å². The summed E-state index contributed by atoms with van der Waals surface area (Å²) in [6.07, 6.45) is 32.3. The van der Waals surface area contributed by atoms with Gasteiger partial charge in [-0.2, -0.15) is 0 Å². The van der Waals surface area contributed by atoms with Gasteiger partial charge in [0.05, 0.1) is 37.9 Å². The first-order valence-electron chi connectivity index (χ1n) is 18.2. The Morgan fingerprint density at radius 3 is 1.78 bits per heavy atom. The summed E-state index contributed by atoms with van der Waals surface area (Å²) in [5.74, 6) is -0.463. The first-order valence-corrected chi connectivity index (χ1v) is 19.7. The topological polar surface area (TPSA) is 151 Å². The fraction of sp³-hybridized carbons (Fsp3) is 0.806. The third kappa shape index (κ3) is 30.0. The minimum atomic E-state index is -4.40. The molecule has 0 aromatic rings. The van der Waals surface area contributed by atoms with Crippen molar-refractivity contribution in [2.45, 2.75) is 167 Å². The molecule has 0 radical (unpaired) electrons. The van der Waals surface area contributed by atoms with Crippen LogP contribution in [0.2, 0.25) is 0 Å². The maximum atomic E-state index is 12.7. The molecule has 0 heterocycles. The van der Waals surface area contributed by atoms with Crippen LogP contribution in [0.1, 0.15) is 149 Å². The molecule has 0 aromatic heterocycles. The second kappa shape index (κ2) is 32.2. The molecule has 0 bridgehead atoms. The number of unbranched alkanes of at least 4 members (excludes halogenated alkanes) is 15. The summed E-state index contributed by atoms with van der Waals surface area (Å²) in [7, 11) is -4.40. The van der Waals surface area contributed by atoms with E-state index in [1.807, 2.05) is 6.08 Å². The molecule has 0 rings (SSSR count). The standard InChI is InChI=1S/C36H69N2O7P/c1-3-5-7-9-11-13-15-17-19-21-23-25-27-33(39)31-36(41)38-34(32-45-46(42,43)44-30-29-37)35(40)28-26-24-22-20-18-16-14-12-10-8-6-4-2/h10,12,18,20,26,28,33-35,39-40H,3-9,11,13-17,19,21-25,27,29-32,37H2,1-2H3,(H,38,41)(H,42,43)/b12-10+,20-18+,28-26+. The molecule has 10 heteroatoms. The highest BCUT2D eigenvalue weighted by molar-refractivity contribution is 7.47. The van der Waals surface area contributed by atoms with Crippen molar-refractivity contribution < 1.29 is 33.5 Å². The van der Waals surface area contributed by atoms with Gasteiger partial charge in [0, 0.05) is 6.54 Å². The van der Waals surface area contributed by atoms with Crippen LogP contribution in [0.4, 0.5) is 0 Å². The summed E-state index contributed by atoms with van der Waals surface area (Å²) in [6, 6.07) is -1.00. The Kier molecular flexibility index (Phi) is 31.3. The maximum absolute atomic E-state index is 12.7. The lowest BCUT2D eigenvalue weighted by Crippen LogP contribution is -2.46. The molecule has 0 aliphatic carbocycles. The zero-order valence-electron chi connectivity index (χ0n) is 29.2. The van der Waals surface area contributed by atoms with Gasteiger partial charge in [0.25, 0.3) is 0 Å². The first-order chi connectivity index (χ1) is 22.3. The third-order valence-corrected chi connectivity index (χ3v) is 8.74. The van der Waals surface area contributed by atoms with Crippen molar-refractivity contribution in [2.75, 3.05) is 19.8 Å². The van der Waals surface area contributed by atoms with Gasteiger partial charge in [-0.1, -0.05) is 140 Å². The molecule has 0 aliphatic rings. The molecule has 1 amide bonds. The molecule has 0 saturated carbocycles. The summed E-state index contributed by atoms with van der Waals surface area (Å²) in [5, 5.41) is 23.8. The van der Waals surface area contributed by atoms with Crippen LogP contribution in [0.25, 0.3) is 0 Å². The molecule has 6 N–H and O–H groups in total. The number of nitrogens with one attached hydrogen (secondary N) is 1. The summed E-state index contributed by atoms with van der Waals surface area (Å²) in [6.45, 7) is 3.86. The van der Waals surface area contributed by atoms with E-state index in [9.17, 15) is 24.5 Å². The maximum Gasteiger partial charge on any atom is 0.472 e. The van der Waals surface area contributed by atoms with Crippen molar-refractivity contribution in [1.82, 2.24) is 5.32 Å². The van der Waals surface area contributed by atoms with Crippen LogP contribution in [0, 0.1) is 0 Å². The molecular formula is C36H69N2O7P. The average molecular weight is 673 g/mol. The lowest BCUT2D eigenvalue weighted by atomic mass is 10.0. The highest BCUT2D eigenvalue weighted by atomic mass is 31.2. The third-order valence-electron chi connectivity index (χ3n) is 7.75. The van der Waals surface area contributed by atoms with Crippen molar-refractivity contribution in [3.8, 4) is 0 Å². The summed E-state index contributed by atoms with van der Waals surface area (Å²) < 4.78 is 21.9. The van der Waals surface area contributed by atoms with E-state index in [4.69, 9.17) is 14.8 Å². The van der Waals surface area contributed by atoms with Gasteiger partial charge in [0.15, 0.2) is 0 Å². The van der Waals surface area contributed by atoms with Crippen molar-refractivity contribution in [3.63, 3.8) is 0 Å². The van der Waals surface area contributed by atoms with Gasteiger partial charge in [0.1, 0.15) is 0 Å². The Bertz CT molecular complexity index is 837. The minimum Gasteiger partial charge on any atom is -0.393 e. The van der Waals surface area contributed by atoms with E-state index in [-0.39, 0.29) is 19.6 Å². The number of rotatable bonds is 33. The van der Waals surface area contributed by atoms with E-state index < -0.39 is 38.6 Å². The molecule has 0 aromatic carbocycles. The Morgan fingerprint density at radius 2 is 1.24 bits per heavy atom. The SMILES string of the molecule is CCCC/C=C/CC/C=C/CC/C=C/C(O)C(COP(=O)(O)OCCN)NC(=O)CC(O)CCCCCCCCCCCCCC. The van der Waals surface area contributed by atoms with Gasteiger partial charge in [0.2, 0.25) is 5.91 Å². The molecule has 4 atom stereocenters. The Morgan fingerprint density at radius 1 is 0.739 bits per heavy atom. The van der Waals surface area contributed by atoms with Gasteiger partial charge in [-0.15, -0.1) is 0 Å². The number of carbonyl (C=O) groups excluding carboxylic acids is 1. The first kappa shape index (κ1) is 44.7. The smallest absolute Gasteiger partial charge is 0.393 e. The average Bonchev–Trinajstić information content (AvgIpc) is 3.03. The monoisotopic (exact) mass is 672 g/mol. The molecule has 0 saturated heterocycles. The van der Waals surface area contributed by atoms with E-state index in [1.54, 1.807) is 6.08 Å². The van der Waals surface area contributed by atoms with Crippen LogP contribution in [0.15, 0.2) is 36.5 Å². The quantitative estimate of drug-likeness (QED) is 0.0266. The number of nitrogens with two attached hydrogens (primary N) is 1. The number of phosphoric acid groups is 1. The van der Waals surface area contributed by atoms with Crippen molar-refractivity contribution in [2.24, 2.45) is 5.73 Å². The molecule has 46 heavy (non-hydrogen) atoms. The molecule has 0 fully saturated rings. The summed E-state index contributed by atoms with van der Waals surface area (Å²) >= 11 is 0. The zero-order valence-corrected chi connectivity index (χ0v) is 30.1. The fourth-order valence-corrected chi connectivity index (χ4v) is 5.72. The fourth-order valence-electron chi connectivity index (χ4n) is 4.96. The number of amides is 1. The normalized spacial score (nSPS) is 15.5. The van der Waals surface area contributed by atoms with Crippen LogP contribution < -0.4 is 11.1 Å². The number of hydrogen-bond acceptors (Lipinski definition) is 7. The predicted octanol–water partition coefficient (Wildman–Crippen LogP) is 8.19. The lowest BCUT2D eigenvalue weighted by molar-refractivity contribution is -0.124. The van der Waals surface area contributed by atoms with Gasteiger partial charge in [-0.05, 0) is 38.5 Å². The second-order valence-electron chi connectivity index (χ2n) is 12.3. The number of carbonyl (C=O) groups is 1. The van der Waals surface area contributed by atoms with Crippen molar-refractivity contribution >= 4 is 13.7 Å². The molecule has 0 spiro atoms. The van der Waals surface area contributed by atoms with E-state index in [1.165, 1.54) is 70.6 Å². The largest absolute Gasteiger partial charge is 0.472 e. The van der Waals surface area contributed by atoms with Crippen molar-refractivity contribution in [3.05, 3.63) is 36.5 Å². The van der Waals surface area contributed by atoms with Crippen LogP contribution in [-0.4, -0.2) is 59.0 Å². The number of aliphatic hydroxyl groups is 2. The molecular weight excluding hydrogens is 603 g/mol. The number of hydrogen-bond donors (Lipinski definition) is 5. The van der Waals surface area contributed by atoms with E-state index >= 15 is 0 Å². The minimum absolute atomic E-state index is 0.0423. The van der Waals surface area contributed by atoms with Crippen LogP contribution >= 0.6 is 7.82 Å². The van der Waals surface area contributed by atoms with Gasteiger partial charge >= 0.3 is 7.82 Å². The highest BCUT2D eigenvalue weighted by Gasteiger charge is 2.27. The summed E-state index contributed by atoms with van der Waals surface area (Å²) in [4.78, 5) is 22.6. The number of aliphatic hydroxyl groups excluding tert-OH is 2. The highest BCUT2D eigenvalue weighted by Crippen LogP contribution is 2.43.